The van der Waals surface area contributed by atoms with Gasteiger partial charge in [0.05, 0.1) is 11.1 Å². The van der Waals surface area contributed by atoms with Gasteiger partial charge in [-0.05, 0) is 44.2 Å². The van der Waals surface area contributed by atoms with Crippen LogP contribution in [0.15, 0.2) is 24.5 Å². The Hall–Kier alpha value is -1.97. The molecule has 0 aromatic carbocycles. The number of amides is 1. The molecule has 20 heavy (non-hydrogen) atoms. The van der Waals surface area contributed by atoms with Gasteiger partial charge in [0.2, 0.25) is 0 Å². The first-order valence-corrected chi connectivity index (χ1v) is 7.36. The van der Waals surface area contributed by atoms with E-state index in [1.807, 2.05) is 12.3 Å². The fraction of sp³-hybridized carbons (Fsp3) is 0.438. The molecule has 0 spiro atoms. The molecule has 2 aromatic rings. The number of carbonyl (C=O) groups excluding carboxylic acids is 1. The summed E-state index contributed by atoms with van der Waals surface area (Å²) in [6.45, 7) is 0. The van der Waals surface area contributed by atoms with Crippen molar-refractivity contribution < 1.29 is 4.79 Å². The fourth-order valence-electron chi connectivity index (χ4n) is 2.59. The first-order chi connectivity index (χ1) is 9.79. The summed E-state index contributed by atoms with van der Waals surface area (Å²) in [7, 11) is 0. The fourth-order valence-corrected chi connectivity index (χ4v) is 2.59. The van der Waals surface area contributed by atoms with Crippen molar-refractivity contribution in [3.63, 3.8) is 0 Å². The highest BCUT2D eigenvalue weighted by Crippen LogP contribution is 2.39. The van der Waals surface area contributed by atoms with Crippen molar-refractivity contribution in [1.29, 1.82) is 0 Å². The van der Waals surface area contributed by atoms with E-state index < -0.39 is 0 Å². The van der Waals surface area contributed by atoms with Gasteiger partial charge in [0.25, 0.3) is 5.91 Å². The SMILES string of the molecule is O=C(NC1CCC1)c1cnc2cc(C3CC3)ncc2c1. The normalized spacial score (nSPS) is 18.8. The number of rotatable bonds is 3. The Kier molecular flexibility index (Phi) is 2.69. The highest BCUT2D eigenvalue weighted by atomic mass is 16.1. The lowest BCUT2D eigenvalue weighted by Crippen LogP contribution is -2.39. The molecule has 0 aliphatic heterocycles. The van der Waals surface area contributed by atoms with Crippen LogP contribution in [0.1, 0.15) is 54.1 Å². The molecule has 2 saturated carbocycles. The molecule has 2 fully saturated rings. The number of aromatic nitrogens is 2. The summed E-state index contributed by atoms with van der Waals surface area (Å²) < 4.78 is 0. The van der Waals surface area contributed by atoms with E-state index in [0.717, 1.165) is 29.4 Å². The monoisotopic (exact) mass is 267 g/mol. The second kappa shape index (κ2) is 4.54. The third kappa shape index (κ3) is 2.15. The van der Waals surface area contributed by atoms with E-state index in [2.05, 4.69) is 21.4 Å². The molecule has 2 aromatic heterocycles. The third-order valence-electron chi connectivity index (χ3n) is 4.29. The van der Waals surface area contributed by atoms with Crippen LogP contribution in [0.3, 0.4) is 0 Å². The molecular weight excluding hydrogens is 250 g/mol. The molecule has 1 N–H and O–H groups in total. The predicted molar refractivity (Wildman–Crippen MR) is 76.6 cm³/mol. The molecule has 0 atom stereocenters. The number of pyridine rings is 2. The van der Waals surface area contributed by atoms with Crippen molar-refractivity contribution in [3.05, 3.63) is 35.8 Å². The van der Waals surface area contributed by atoms with E-state index >= 15 is 0 Å². The van der Waals surface area contributed by atoms with Crippen molar-refractivity contribution in [2.24, 2.45) is 0 Å². The second-order valence-corrected chi connectivity index (χ2v) is 5.90. The summed E-state index contributed by atoms with van der Waals surface area (Å²) in [5.41, 5.74) is 2.70. The van der Waals surface area contributed by atoms with Gasteiger partial charge in [0, 0.05) is 35.4 Å². The van der Waals surface area contributed by atoms with Crippen LogP contribution in [0.25, 0.3) is 10.9 Å². The number of hydrogen-bond donors (Lipinski definition) is 1. The average molecular weight is 267 g/mol. The molecular formula is C16H17N3O. The van der Waals surface area contributed by atoms with Gasteiger partial charge in [-0.1, -0.05) is 0 Å². The molecule has 0 unspecified atom stereocenters. The number of fused-ring (bicyclic) bond motifs is 1. The molecule has 4 nitrogen and oxygen atoms in total. The topological polar surface area (TPSA) is 54.9 Å². The molecule has 2 aliphatic carbocycles. The van der Waals surface area contributed by atoms with Crippen LogP contribution >= 0.6 is 0 Å². The van der Waals surface area contributed by atoms with E-state index in [1.54, 1.807) is 6.20 Å². The number of nitrogens with zero attached hydrogens (tertiary/aromatic N) is 2. The summed E-state index contributed by atoms with van der Waals surface area (Å²) >= 11 is 0. The molecule has 1 amide bonds. The summed E-state index contributed by atoms with van der Waals surface area (Å²) in [5.74, 6) is 0.609. The summed E-state index contributed by atoms with van der Waals surface area (Å²) in [6, 6.07) is 4.30. The number of carbonyl (C=O) groups is 1. The van der Waals surface area contributed by atoms with Gasteiger partial charge in [-0.2, -0.15) is 0 Å². The Balaban J connectivity index is 1.60. The molecule has 0 radical (unpaired) electrons. The van der Waals surface area contributed by atoms with E-state index in [1.165, 1.54) is 19.3 Å². The van der Waals surface area contributed by atoms with Crippen molar-refractivity contribution in [3.8, 4) is 0 Å². The third-order valence-corrected chi connectivity index (χ3v) is 4.29. The first-order valence-electron chi connectivity index (χ1n) is 7.36. The van der Waals surface area contributed by atoms with Crippen molar-refractivity contribution in [2.75, 3.05) is 0 Å². The molecule has 2 aliphatic rings. The van der Waals surface area contributed by atoms with Crippen LogP contribution in [-0.2, 0) is 0 Å². The van der Waals surface area contributed by atoms with Crippen LogP contribution in [-0.4, -0.2) is 21.9 Å². The maximum atomic E-state index is 12.1. The summed E-state index contributed by atoms with van der Waals surface area (Å²) in [4.78, 5) is 21.0. The number of hydrogen-bond acceptors (Lipinski definition) is 3. The zero-order valence-corrected chi connectivity index (χ0v) is 11.3. The lowest BCUT2D eigenvalue weighted by atomic mass is 9.93. The minimum absolute atomic E-state index is 0.0182. The van der Waals surface area contributed by atoms with Crippen LogP contribution in [0.4, 0.5) is 0 Å². The Morgan fingerprint density at radius 3 is 2.65 bits per heavy atom. The van der Waals surface area contributed by atoms with E-state index in [-0.39, 0.29) is 5.91 Å². The maximum Gasteiger partial charge on any atom is 0.253 e. The summed E-state index contributed by atoms with van der Waals surface area (Å²) in [5, 5.41) is 3.98. The lowest BCUT2D eigenvalue weighted by Gasteiger charge is -2.26. The smallest absolute Gasteiger partial charge is 0.253 e. The Morgan fingerprint density at radius 2 is 1.95 bits per heavy atom. The van der Waals surface area contributed by atoms with E-state index in [0.29, 0.717) is 17.5 Å². The lowest BCUT2D eigenvalue weighted by molar-refractivity contribution is 0.0917. The molecule has 4 heteroatoms. The Morgan fingerprint density at radius 1 is 1.10 bits per heavy atom. The quantitative estimate of drug-likeness (QED) is 0.930. The molecule has 0 saturated heterocycles. The Bertz CT molecular complexity index is 674. The van der Waals surface area contributed by atoms with Crippen molar-refractivity contribution >= 4 is 16.8 Å². The maximum absolute atomic E-state index is 12.1. The molecule has 0 bridgehead atoms. The standard InChI is InChI=1S/C16H17N3O/c20-16(19-13-2-1-3-13)12-6-11-8-17-14(10-4-5-10)7-15(11)18-9-12/h6-10,13H,1-5H2,(H,19,20). The molecule has 4 rings (SSSR count). The van der Waals surface area contributed by atoms with Gasteiger partial charge in [-0.3, -0.25) is 14.8 Å². The summed E-state index contributed by atoms with van der Waals surface area (Å²) in [6.07, 6.45) is 9.40. The Labute approximate surface area is 117 Å². The van der Waals surface area contributed by atoms with Gasteiger partial charge in [0.1, 0.15) is 0 Å². The highest BCUT2D eigenvalue weighted by Gasteiger charge is 2.25. The van der Waals surface area contributed by atoms with Gasteiger partial charge >= 0.3 is 0 Å². The number of nitrogens with one attached hydrogen (secondary N) is 1. The van der Waals surface area contributed by atoms with Crippen LogP contribution < -0.4 is 5.32 Å². The second-order valence-electron chi connectivity index (χ2n) is 5.90. The largest absolute Gasteiger partial charge is 0.349 e. The predicted octanol–water partition coefficient (Wildman–Crippen LogP) is 2.79. The van der Waals surface area contributed by atoms with Gasteiger partial charge < -0.3 is 5.32 Å². The average Bonchev–Trinajstić information content (AvgIpc) is 3.26. The van der Waals surface area contributed by atoms with Crippen LogP contribution in [0.5, 0.6) is 0 Å². The van der Waals surface area contributed by atoms with Crippen molar-refractivity contribution in [1.82, 2.24) is 15.3 Å². The first kappa shape index (κ1) is 11.8. The van der Waals surface area contributed by atoms with Gasteiger partial charge in [-0.25, -0.2) is 0 Å². The minimum Gasteiger partial charge on any atom is -0.349 e. The van der Waals surface area contributed by atoms with E-state index in [9.17, 15) is 4.79 Å². The van der Waals surface area contributed by atoms with Crippen molar-refractivity contribution in [2.45, 2.75) is 44.1 Å². The highest BCUT2D eigenvalue weighted by molar-refractivity contribution is 5.97. The minimum atomic E-state index is -0.0182. The van der Waals surface area contributed by atoms with Crippen LogP contribution in [0, 0.1) is 0 Å². The van der Waals surface area contributed by atoms with E-state index in [4.69, 9.17) is 0 Å². The van der Waals surface area contributed by atoms with Gasteiger partial charge in [-0.15, -0.1) is 0 Å². The molecule has 102 valence electrons. The molecule has 2 heterocycles. The van der Waals surface area contributed by atoms with Crippen LogP contribution in [0.2, 0.25) is 0 Å². The zero-order valence-electron chi connectivity index (χ0n) is 11.3. The van der Waals surface area contributed by atoms with Gasteiger partial charge in [0.15, 0.2) is 0 Å². The zero-order chi connectivity index (χ0) is 13.5.